The number of esters is 1. The zero-order valence-corrected chi connectivity index (χ0v) is 20.0. The summed E-state index contributed by atoms with van der Waals surface area (Å²) in [5.41, 5.74) is 3.57. The van der Waals surface area contributed by atoms with Crippen LogP contribution < -0.4 is 5.32 Å². The number of carbonyl (C=O) groups excluding carboxylic acids is 2. The Morgan fingerprint density at radius 3 is 2.58 bits per heavy atom. The van der Waals surface area contributed by atoms with Gasteiger partial charge >= 0.3 is 5.97 Å². The van der Waals surface area contributed by atoms with Crippen molar-refractivity contribution >= 4 is 34.5 Å². The summed E-state index contributed by atoms with van der Waals surface area (Å²) in [6.45, 7) is 7.13. The molecule has 1 saturated heterocycles. The lowest BCUT2D eigenvalue weighted by Crippen LogP contribution is -2.42. The van der Waals surface area contributed by atoms with Crippen LogP contribution in [0.4, 0.5) is 5.69 Å². The lowest BCUT2D eigenvalue weighted by atomic mass is 9.94. The summed E-state index contributed by atoms with van der Waals surface area (Å²) in [6, 6.07) is 16.6. The largest absolute Gasteiger partial charge is 0.462 e. The van der Waals surface area contributed by atoms with E-state index in [-0.39, 0.29) is 23.8 Å². The molecule has 1 atom stereocenters. The van der Waals surface area contributed by atoms with E-state index >= 15 is 0 Å². The summed E-state index contributed by atoms with van der Waals surface area (Å²) in [4.78, 5) is 32.5. The number of carbonyl (C=O) groups is 2. The molecule has 172 valence electrons. The maximum Gasteiger partial charge on any atom is 0.338 e. The topological polar surface area (TPSA) is 71.0 Å². The molecule has 7 heteroatoms. The van der Waals surface area contributed by atoms with Gasteiger partial charge in [0, 0.05) is 23.5 Å². The van der Waals surface area contributed by atoms with Crippen LogP contribution in [0, 0.1) is 5.92 Å². The van der Waals surface area contributed by atoms with Gasteiger partial charge in [-0.05, 0) is 49.1 Å². The van der Waals surface area contributed by atoms with Crippen LogP contribution in [0.3, 0.4) is 0 Å². The van der Waals surface area contributed by atoms with Crippen molar-refractivity contribution in [2.24, 2.45) is 10.9 Å². The molecule has 2 aliphatic rings. The Labute approximate surface area is 199 Å². The van der Waals surface area contributed by atoms with E-state index in [0.29, 0.717) is 29.1 Å². The predicted octanol–water partition coefficient (Wildman–Crippen LogP) is 5.26. The third kappa shape index (κ3) is 5.30. The van der Waals surface area contributed by atoms with Crippen LogP contribution in [0.5, 0.6) is 0 Å². The number of amidine groups is 1. The lowest BCUT2D eigenvalue weighted by molar-refractivity contribution is -0.140. The molecule has 1 fully saturated rings. The van der Waals surface area contributed by atoms with E-state index in [4.69, 9.17) is 9.73 Å². The summed E-state index contributed by atoms with van der Waals surface area (Å²) >= 11 is 1.72. The fraction of sp³-hybridized carbons (Fsp3) is 0.346. The Morgan fingerprint density at radius 1 is 1.15 bits per heavy atom. The third-order valence-corrected chi connectivity index (χ3v) is 6.62. The Kier molecular flexibility index (Phi) is 7.18. The molecule has 0 saturated carbocycles. The minimum Gasteiger partial charge on any atom is -0.462 e. The van der Waals surface area contributed by atoms with Gasteiger partial charge in [-0.25, -0.2) is 9.79 Å². The van der Waals surface area contributed by atoms with Crippen molar-refractivity contribution in [2.75, 3.05) is 24.2 Å². The van der Waals surface area contributed by atoms with Crippen LogP contribution in [-0.2, 0) is 9.53 Å². The molecule has 4 rings (SSSR count). The number of benzene rings is 2. The van der Waals surface area contributed by atoms with Crippen LogP contribution in [-0.4, -0.2) is 40.8 Å². The molecule has 0 unspecified atom stereocenters. The molecule has 0 aromatic heterocycles. The smallest absolute Gasteiger partial charge is 0.338 e. The quantitative estimate of drug-likeness (QED) is 0.592. The van der Waals surface area contributed by atoms with Crippen LogP contribution in [0.15, 0.2) is 70.9 Å². The molecule has 2 aliphatic heterocycles. The van der Waals surface area contributed by atoms with Gasteiger partial charge in [0.15, 0.2) is 5.17 Å². The Bertz CT molecular complexity index is 1080. The summed E-state index contributed by atoms with van der Waals surface area (Å²) in [7, 11) is 0. The second-order valence-corrected chi connectivity index (χ2v) is 9.69. The van der Waals surface area contributed by atoms with E-state index in [1.807, 2.05) is 63.2 Å². The molecule has 33 heavy (non-hydrogen) atoms. The number of amides is 1. The van der Waals surface area contributed by atoms with Gasteiger partial charge in [0.25, 0.3) is 5.91 Å². The molecule has 0 spiro atoms. The number of anilines is 1. The number of nitrogens with zero attached hydrogens (tertiary/aromatic N) is 2. The number of allylic oxidation sites excluding steroid dienone is 1. The first-order valence-corrected chi connectivity index (χ1v) is 12.2. The van der Waals surface area contributed by atoms with E-state index in [9.17, 15) is 9.59 Å². The number of hydrogen-bond acceptors (Lipinski definition) is 6. The van der Waals surface area contributed by atoms with Crippen LogP contribution >= 0.6 is 11.8 Å². The van der Waals surface area contributed by atoms with E-state index in [0.717, 1.165) is 29.4 Å². The van der Waals surface area contributed by atoms with Crippen molar-refractivity contribution in [3.05, 3.63) is 77.0 Å². The van der Waals surface area contributed by atoms with Crippen molar-refractivity contribution in [3.63, 3.8) is 0 Å². The molecule has 0 aliphatic carbocycles. The van der Waals surface area contributed by atoms with Crippen molar-refractivity contribution in [3.8, 4) is 0 Å². The molecular weight excluding hydrogens is 434 g/mol. The first-order chi connectivity index (χ1) is 15.9. The molecule has 1 N–H and O–H groups in total. The van der Waals surface area contributed by atoms with Gasteiger partial charge in [0.05, 0.1) is 23.9 Å². The fourth-order valence-corrected chi connectivity index (χ4v) is 4.96. The maximum absolute atomic E-state index is 13.1. The number of fused-ring (bicyclic) bond motifs is 1. The predicted molar refractivity (Wildman–Crippen MR) is 133 cm³/mol. The van der Waals surface area contributed by atoms with Gasteiger partial charge in [-0.3, -0.25) is 4.79 Å². The van der Waals surface area contributed by atoms with Crippen molar-refractivity contribution in [1.82, 2.24) is 4.90 Å². The minimum atomic E-state index is -0.314. The minimum absolute atomic E-state index is 0.156. The fourth-order valence-electron chi connectivity index (χ4n) is 3.94. The molecule has 2 aromatic rings. The van der Waals surface area contributed by atoms with E-state index < -0.39 is 0 Å². The summed E-state index contributed by atoms with van der Waals surface area (Å²) in [5.74, 6) is 0.809. The second kappa shape index (κ2) is 10.3. The monoisotopic (exact) mass is 463 g/mol. The van der Waals surface area contributed by atoms with Gasteiger partial charge in [-0.2, -0.15) is 0 Å². The number of hydrogen-bond donors (Lipinski definition) is 1. The van der Waals surface area contributed by atoms with Crippen LogP contribution in [0.1, 0.15) is 49.2 Å². The molecule has 0 radical (unpaired) electrons. The molecule has 1 amide bonds. The number of nitrogens with one attached hydrogen (secondary N) is 1. The Balaban J connectivity index is 1.60. The number of thioether (sulfide) groups is 1. The average Bonchev–Trinajstić information content (AvgIpc) is 2.82. The highest BCUT2D eigenvalue weighted by atomic mass is 32.2. The van der Waals surface area contributed by atoms with Gasteiger partial charge in [0.2, 0.25) is 0 Å². The SMILES string of the molecule is CC1=C(C(=O)OCC(C)C)[C@H](c2ccc(NC(=O)c3ccccc3)cc2)N2CCCSC2=N1. The highest BCUT2D eigenvalue weighted by molar-refractivity contribution is 8.13. The molecular formula is C26H29N3O3S. The van der Waals surface area contributed by atoms with Gasteiger partial charge in [-0.1, -0.05) is 55.9 Å². The zero-order chi connectivity index (χ0) is 23.4. The normalized spacial score (nSPS) is 18.0. The second-order valence-electron chi connectivity index (χ2n) is 8.63. The van der Waals surface area contributed by atoms with Crippen molar-refractivity contribution < 1.29 is 14.3 Å². The standard InChI is InChI=1S/C26H29N3O3S/c1-17(2)16-32-25(31)22-18(3)27-26-29(14-7-15-33-26)23(22)19-10-12-21(13-11-19)28-24(30)20-8-5-4-6-9-20/h4-6,8-13,17,23H,7,14-16H2,1-3H3,(H,28,30)/t23-/m0/s1. The first-order valence-electron chi connectivity index (χ1n) is 11.3. The zero-order valence-electron chi connectivity index (χ0n) is 19.2. The van der Waals surface area contributed by atoms with Gasteiger partial charge in [0.1, 0.15) is 0 Å². The Hall–Kier alpha value is -3.06. The number of ether oxygens (including phenoxy) is 1. The average molecular weight is 464 g/mol. The Morgan fingerprint density at radius 2 is 1.88 bits per heavy atom. The highest BCUT2D eigenvalue weighted by Crippen LogP contribution is 2.40. The van der Waals surface area contributed by atoms with Crippen molar-refractivity contribution in [1.29, 1.82) is 0 Å². The molecule has 2 aromatic carbocycles. The molecule has 0 bridgehead atoms. The highest BCUT2D eigenvalue weighted by Gasteiger charge is 2.37. The van der Waals surface area contributed by atoms with Crippen LogP contribution in [0.2, 0.25) is 0 Å². The third-order valence-electron chi connectivity index (χ3n) is 5.55. The number of rotatable bonds is 6. The van der Waals surface area contributed by atoms with Gasteiger partial charge < -0.3 is 15.0 Å². The van der Waals surface area contributed by atoms with E-state index in [1.54, 1.807) is 23.9 Å². The van der Waals surface area contributed by atoms with Crippen LogP contribution in [0.25, 0.3) is 0 Å². The first kappa shape index (κ1) is 23.1. The molecule has 6 nitrogen and oxygen atoms in total. The van der Waals surface area contributed by atoms with E-state index in [2.05, 4.69) is 10.2 Å². The van der Waals surface area contributed by atoms with Crippen molar-refractivity contribution in [2.45, 2.75) is 33.2 Å². The maximum atomic E-state index is 13.1. The number of aliphatic imine (C=N–C) groups is 1. The van der Waals surface area contributed by atoms with E-state index in [1.165, 1.54) is 0 Å². The summed E-state index contributed by atoms with van der Waals surface area (Å²) < 4.78 is 5.61. The summed E-state index contributed by atoms with van der Waals surface area (Å²) in [5, 5.41) is 3.89. The van der Waals surface area contributed by atoms with Gasteiger partial charge in [-0.15, -0.1) is 0 Å². The molecule has 2 heterocycles. The summed E-state index contributed by atoms with van der Waals surface area (Å²) in [6.07, 6.45) is 1.03. The lowest BCUT2D eigenvalue weighted by Gasteiger charge is -2.40.